The minimum atomic E-state index is -3.09. The van der Waals surface area contributed by atoms with Gasteiger partial charge in [-0.25, -0.2) is 8.42 Å². The molecule has 1 saturated heterocycles. The Morgan fingerprint density at radius 2 is 2.18 bits per heavy atom. The zero-order chi connectivity index (χ0) is 16.3. The molecule has 0 bridgehead atoms. The molecule has 1 fully saturated rings. The van der Waals surface area contributed by atoms with E-state index < -0.39 is 26.7 Å². The van der Waals surface area contributed by atoms with Crippen molar-refractivity contribution in [2.75, 3.05) is 23.4 Å². The molecule has 1 aliphatic rings. The van der Waals surface area contributed by atoms with Crippen LogP contribution in [0, 0.1) is 10.1 Å². The number of anilines is 1. The topological polar surface area (TPSA) is 118 Å². The third-order valence-corrected chi connectivity index (χ3v) is 5.16. The molecule has 0 unspecified atom stereocenters. The summed E-state index contributed by atoms with van der Waals surface area (Å²) < 4.78 is 22.7. The number of hydrogen-bond acceptors (Lipinski definition) is 6. The number of amides is 1. The average Bonchev–Trinajstić information content (AvgIpc) is 2.78. The van der Waals surface area contributed by atoms with Gasteiger partial charge in [-0.05, 0) is 25.5 Å². The van der Waals surface area contributed by atoms with Gasteiger partial charge in [0.15, 0.2) is 9.84 Å². The number of carbonyl (C=O) groups is 1. The molecule has 1 aromatic rings. The van der Waals surface area contributed by atoms with E-state index in [0.29, 0.717) is 18.7 Å². The Morgan fingerprint density at radius 1 is 1.45 bits per heavy atom. The van der Waals surface area contributed by atoms with E-state index in [0.717, 1.165) is 0 Å². The van der Waals surface area contributed by atoms with Gasteiger partial charge < -0.3 is 10.6 Å². The first-order valence-electron chi connectivity index (χ1n) is 6.86. The van der Waals surface area contributed by atoms with E-state index in [4.69, 9.17) is 0 Å². The van der Waals surface area contributed by atoms with Crippen molar-refractivity contribution in [2.24, 2.45) is 0 Å². The molecule has 1 atom stereocenters. The van der Waals surface area contributed by atoms with Crippen LogP contribution in [0.25, 0.3) is 0 Å². The molecule has 1 amide bonds. The summed E-state index contributed by atoms with van der Waals surface area (Å²) >= 11 is 0. The highest BCUT2D eigenvalue weighted by molar-refractivity contribution is 7.91. The van der Waals surface area contributed by atoms with Crippen LogP contribution in [0.3, 0.4) is 0 Å². The van der Waals surface area contributed by atoms with Gasteiger partial charge >= 0.3 is 0 Å². The molecule has 2 N–H and O–H groups in total. The molecular weight excluding hydrogens is 310 g/mol. The average molecular weight is 327 g/mol. The molecule has 120 valence electrons. The first-order chi connectivity index (χ1) is 10.3. The number of nitro benzene ring substituents is 1. The van der Waals surface area contributed by atoms with Crippen molar-refractivity contribution in [3.05, 3.63) is 33.9 Å². The third kappa shape index (κ3) is 3.73. The summed E-state index contributed by atoms with van der Waals surface area (Å²) in [5, 5.41) is 16.5. The molecule has 8 nitrogen and oxygen atoms in total. The second-order valence-electron chi connectivity index (χ2n) is 5.09. The Bertz CT molecular complexity index is 702. The van der Waals surface area contributed by atoms with Gasteiger partial charge in [0.1, 0.15) is 5.69 Å². The molecule has 0 aromatic heterocycles. The summed E-state index contributed by atoms with van der Waals surface area (Å²) in [7, 11) is -3.09. The zero-order valence-electron chi connectivity index (χ0n) is 12.0. The minimum absolute atomic E-state index is 0.0530. The van der Waals surface area contributed by atoms with E-state index in [2.05, 4.69) is 10.6 Å². The Hall–Kier alpha value is -2.16. The van der Waals surface area contributed by atoms with Gasteiger partial charge in [-0.3, -0.25) is 14.9 Å². The Balaban J connectivity index is 2.16. The van der Waals surface area contributed by atoms with Gasteiger partial charge in [0, 0.05) is 24.2 Å². The summed E-state index contributed by atoms with van der Waals surface area (Å²) in [6.45, 7) is 2.33. The normalized spacial score (nSPS) is 19.6. The number of nitro groups is 1. The summed E-state index contributed by atoms with van der Waals surface area (Å²) in [6.07, 6.45) is 0.367. The summed E-state index contributed by atoms with van der Waals surface area (Å²) in [6, 6.07) is 3.70. The smallest absolute Gasteiger partial charge is 0.293 e. The highest BCUT2D eigenvalue weighted by atomic mass is 32.2. The standard InChI is InChI=1S/C13H17N3O5S/c1-2-14-11-4-3-9(7-12(11)16(18)19)13(17)15-10-5-6-22(20,21)8-10/h3-4,7,10,14H,2,5-6,8H2,1H3,(H,15,17)/t10-/m0/s1. The van der Waals surface area contributed by atoms with Crippen molar-refractivity contribution in [3.63, 3.8) is 0 Å². The van der Waals surface area contributed by atoms with Crippen LogP contribution in [-0.2, 0) is 9.84 Å². The van der Waals surface area contributed by atoms with Crippen LogP contribution in [0.5, 0.6) is 0 Å². The van der Waals surface area contributed by atoms with Gasteiger partial charge in [-0.1, -0.05) is 0 Å². The fraction of sp³-hybridized carbons (Fsp3) is 0.462. The van der Waals surface area contributed by atoms with Crippen molar-refractivity contribution in [1.29, 1.82) is 0 Å². The molecule has 0 aliphatic carbocycles. The highest BCUT2D eigenvalue weighted by Gasteiger charge is 2.29. The molecule has 1 aliphatic heterocycles. The van der Waals surface area contributed by atoms with Crippen LogP contribution >= 0.6 is 0 Å². The Labute approximate surface area is 128 Å². The first kappa shape index (κ1) is 16.2. The lowest BCUT2D eigenvalue weighted by molar-refractivity contribution is -0.384. The molecule has 0 saturated carbocycles. The second-order valence-corrected chi connectivity index (χ2v) is 7.32. The molecule has 0 radical (unpaired) electrons. The van der Waals surface area contributed by atoms with Gasteiger partial charge in [0.25, 0.3) is 11.6 Å². The number of carbonyl (C=O) groups excluding carboxylic acids is 1. The first-order valence-corrected chi connectivity index (χ1v) is 8.68. The van der Waals surface area contributed by atoms with E-state index in [-0.39, 0.29) is 22.8 Å². The van der Waals surface area contributed by atoms with E-state index in [1.165, 1.54) is 18.2 Å². The number of sulfone groups is 1. The maximum Gasteiger partial charge on any atom is 0.293 e. The number of hydrogen-bond donors (Lipinski definition) is 2. The van der Waals surface area contributed by atoms with E-state index in [9.17, 15) is 23.3 Å². The Morgan fingerprint density at radius 3 is 2.73 bits per heavy atom. The van der Waals surface area contributed by atoms with Gasteiger partial charge in [0.2, 0.25) is 0 Å². The fourth-order valence-electron chi connectivity index (χ4n) is 2.34. The molecule has 22 heavy (non-hydrogen) atoms. The summed E-state index contributed by atoms with van der Waals surface area (Å²) in [4.78, 5) is 22.6. The van der Waals surface area contributed by atoms with E-state index in [1.807, 2.05) is 6.92 Å². The van der Waals surface area contributed by atoms with Gasteiger partial charge in [0.05, 0.1) is 16.4 Å². The lowest BCUT2D eigenvalue weighted by Gasteiger charge is -2.11. The Kier molecular flexibility index (Phi) is 4.65. The van der Waals surface area contributed by atoms with Crippen LogP contribution in [0.2, 0.25) is 0 Å². The highest BCUT2D eigenvalue weighted by Crippen LogP contribution is 2.25. The quantitative estimate of drug-likeness (QED) is 0.614. The van der Waals surface area contributed by atoms with Crippen molar-refractivity contribution in [1.82, 2.24) is 5.32 Å². The number of nitrogens with zero attached hydrogens (tertiary/aromatic N) is 1. The fourth-order valence-corrected chi connectivity index (χ4v) is 4.01. The molecular formula is C13H17N3O5S. The van der Waals surface area contributed by atoms with Crippen molar-refractivity contribution >= 4 is 27.1 Å². The lowest BCUT2D eigenvalue weighted by Crippen LogP contribution is -2.35. The minimum Gasteiger partial charge on any atom is -0.380 e. The number of nitrogens with one attached hydrogen (secondary N) is 2. The zero-order valence-corrected chi connectivity index (χ0v) is 12.9. The number of benzene rings is 1. The van der Waals surface area contributed by atoms with E-state index in [1.54, 1.807) is 0 Å². The van der Waals surface area contributed by atoms with Crippen LogP contribution in [0.1, 0.15) is 23.7 Å². The van der Waals surface area contributed by atoms with E-state index >= 15 is 0 Å². The molecule has 2 rings (SSSR count). The molecule has 0 spiro atoms. The third-order valence-electron chi connectivity index (χ3n) is 3.39. The lowest BCUT2D eigenvalue weighted by atomic mass is 10.1. The van der Waals surface area contributed by atoms with Crippen LogP contribution < -0.4 is 10.6 Å². The van der Waals surface area contributed by atoms with Gasteiger partial charge in [-0.2, -0.15) is 0 Å². The summed E-state index contributed by atoms with van der Waals surface area (Å²) in [5.74, 6) is -0.540. The van der Waals surface area contributed by atoms with Crippen LogP contribution in [0.4, 0.5) is 11.4 Å². The van der Waals surface area contributed by atoms with Gasteiger partial charge in [-0.15, -0.1) is 0 Å². The second kappa shape index (κ2) is 6.30. The predicted molar refractivity (Wildman–Crippen MR) is 81.8 cm³/mol. The van der Waals surface area contributed by atoms with Crippen molar-refractivity contribution < 1.29 is 18.1 Å². The largest absolute Gasteiger partial charge is 0.380 e. The van der Waals surface area contributed by atoms with Crippen LogP contribution in [0.15, 0.2) is 18.2 Å². The molecule has 9 heteroatoms. The molecule has 1 aromatic carbocycles. The molecule has 1 heterocycles. The van der Waals surface area contributed by atoms with Crippen LogP contribution in [-0.4, -0.2) is 43.3 Å². The number of rotatable bonds is 5. The maximum atomic E-state index is 12.1. The summed E-state index contributed by atoms with van der Waals surface area (Å²) in [5.41, 5.74) is 0.290. The monoisotopic (exact) mass is 327 g/mol. The SMILES string of the molecule is CCNc1ccc(C(=O)N[C@H]2CCS(=O)(=O)C2)cc1[N+](=O)[O-]. The van der Waals surface area contributed by atoms with Crippen molar-refractivity contribution in [2.45, 2.75) is 19.4 Å². The predicted octanol–water partition coefficient (Wildman–Crippen LogP) is 0.943. The maximum absolute atomic E-state index is 12.1. The van der Waals surface area contributed by atoms with Crippen molar-refractivity contribution in [3.8, 4) is 0 Å².